The van der Waals surface area contributed by atoms with Gasteiger partial charge in [0.05, 0.1) is 5.92 Å². The van der Waals surface area contributed by atoms with Crippen molar-refractivity contribution in [3.05, 3.63) is 11.6 Å². The van der Waals surface area contributed by atoms with Crippen molar-refractivity contribution in [1.29, 1.82) is 0 Å². The molecule has 0 heterocycles. The molecule has 0 N–H and O–H groups in total. The van der Waals surface area contributed by atoms with Gasteiger partial charge in [0.1, 0.15) is 11.2 Å². The van der Waals surface area contributed by atoms with E-state index in [0.29, 0.717) is 12.0 Å². The third-order valence-electron chi connectivity index (χ3n) is 2.73. The quantitative estimate of drug-likeness (QED) is 0.728. The number of hydrogen-bond acceptors (Lipinski definition) is 4. The summed E-state index contributed by atoms with van der Waals surface area (Å²) in [5, 5.41) is 0. The summed E-state index contributed by atoms with van der Waals surface area (Å²) >= 11 is 0. The Bertz CT molecular complexity index is 407. The molecule has 0 aromatic rings. The Balaban J connectivity index is 2.75. The molecule has 0 aliphatic heterocycles. The number of hydrogen-bond donors (Lipinski definition) is 0. The second kappa shape index (κ2) is 5.98. The number of esters is 2. The van der Waals surface area contributed by atoms with Crippen LogP contribution in [0.1, 0.15) is 60.8 Å². The maximum absolute atomic E-state index is 12.0. The van der Waals surface area contributed by atoms with Crippen LogP contribution >= 0.6 is 0 Å². The van der Waals surface area contributed by atoms with Crippen molar-refractivity contribution in [3.8, 4) is 0 Å². The van der Waals surface area contributed by atoms with Crippen LogP contribution in [0.15, 0.2) is 11.6 Å². The number of rotatable bonds is 2. The van der Waals surface area contributed by atoms with E-state index in [4.69, 9.17) is 9.47 Å². The van der Waals surface area contributed by atoms with Gasteiger partial charge in [-0.15, -0.1) is 0 Å². The third-order valence-corrected chi connectivity index (χ3v) is 2.73. The largest absolute Gasteiger partial charge is 0.460 e. The topological polar surface area (TPSA) is 52.6 Å². The van der Waals surface area contributed by atoms with E-state index >= 15 is 0 Å². The standard InChI is InChI=1S/C16H26O4/c1-15(2,3)19-13(17)11-8-7-9-12(10-11)14(18)20-16(4,5)6/h10-11H,7-9H2,1-6H3. The van der Waals surface area contributed by atoms with Crippen LogP contribution in [0.25, 0.3) is 0 Å². The van der Waals surface area contributed by atoms with E-state index in [1.54, 1.807) is 6.08 Å². The monoisotopic (exact) mass is 282 g/mol. The van der Waals surface area contributed by atoms with Crippen LogP contribution < -0.4 is 0 Å². The van der Waals surface area contributed by atoms with Gasteiger partial charge in [-0.1, -0.05) is 6.08 Å². The van der Waals surface area contributed by atoms with Gasteiger partial charge >= 0.3 is 11.9 Å². The maximum atomic E-state index is 12.0. The first-order valence-corrected chi connectivity index (χ1v) is 7.15. The van der Waals surface area contributed by atoms with Crippen molar-refractivity contribution in [3.63, 3.8) is 0 Å². The van der Waals surface area contributed by atoms with Crippen molar-refractivity contribution in [2.24, 2.45) is 5.92 Å². The molecule has 0 amide bonds. The summed E-state index contributed by atoms with van der Waals surface area (Å²) in [4.78, 5) is 24.1. The minimum atomic E-state index is -0.517. The maximum Gasteiger partial charge on any atom is 0.334 e. The van der Waals surface area contributed by atoms with Crippen LogP contribution in [-0.4, -0.2) is 23.1 Å². The second-order valence-electron chi connectivity index (χ2n) is 7.23. The zero-order valence-electron chi connectivity index (χ0n) is 13.4. The molecule has 0 aromatic heterocycles. The molecular weight excluding hydrogens is 256 g/mol. The molecular formula is C16H26O4. The fourth-order valence-corrected chi connectivity index (χ4v) is 2.00. The average Bonchev–Trinajstić information content (AvgIpc) is 2.24. The van der Waals surface area contributed by atoms with E-state index in [1.807, 2.05) is 41.5 Å². The van der Waals surface area contributed by atoms with Gasteiger partial charge in [0.25, 0.3) is 0 Å². The molecule has 1 unspecified atom stereocenters. The Morgan fingerprint density at radius 3 is 2.10 bits per heavy atom. The van der Waals surface area contributed by atoms with E-state index in [0.717, 1.165) is 12.8 Å². The van der Waals surface area contributed by atoms with Crippen molar-refractivity contribution in [2.75, 3.05) is 0 Å². The zero-order valence-corrected chi connectivity index (χ0v) is 13.4. The lowest BCUT2D eigenvalue weighted by molar-refractivity contribution is -0.158. The van der Waals surface area contributed by atoms with Crippen LogP contribution in [0.4, 0.5) is 0 Å². The molecule has 1 aliphatic carbocycles. The van der Waals surface area contributed by atoms with Gasteiger partial charge in [-0.05, 0) is 60.8 Å². The fraction of sp³-hybridized carbons (Fsp3) is 0.750. The van der Waals surface area contributed by atoms with E-state index in [-0.39, 0.29) is 17.9 Å². The summed E-state index contributed by atoms with van der Waals surface area (Å²) in [6, 6.07) is 0. The van der Waals surface area contributed by atoms with Crippen LogP contribution in [-0.2, 0) is 19.1 Å². The minimum absolute atomic E-state index is 0.266. The SMILES string of the molecule is CC(C)(C)OC(=O)C1=CC(C(=O)OC(C)(C)C)CCC1. The van der Waals surface area contributed by atoms with Crippen molar-refractivity contribution in [2.45, 2.75) is 72.0 Å². The molecule has 20 heavy (non-hydrogen) atoms. The first-order chi connectivity index (χ1) is 8.98. The molecule has 0 fully saturated rings. The molecule has 1 rings (SSSR count). The Morgan fingerprint density at radius 2 is 1.60 bits per heavy atom. The van der Waals surface area contributed by atoms with Gasteiger partial charge in [-0.2, -0.15) is 0 Å². The second-order valence-corrected chi connectivity index (χ2v) is 7.23. The first kappa shape index (κ1) is 16.7. The summed E-state index contributed by atoms with van der Waals surface area (Å²) in [7, 11) is 0. The predicted octanol–water partition coefficient (Wildman–Crippen LogP) is 3.40. The van der Waals surface area contributed by atoms with Crippen LogP contribution in [0.2, 0.25) is 0 Å². The average molecular weight is 282 g/mol. The molecule has 0 radical (unpaired) electrons. The number of ether oxygens (including phenoxy) is 2. The van der Waals surface area contributed by atoms with Crippen molar-refractivity contribution < 1.29 is 19.1 Å². The lowest BCUT2D eigenvalue weighted by atomic mass is 9.90. The molecule has 1 aliphatic rings. The van der Waals surface area contributed by atoms with Gasteiger partial charge in [0.2, 0.25) is 0 Å². The summed E-state index contributed by atoms with van der Waals surface area (Å²) < 4.78 is 10.7. The lowest BCUT2D eigenvalue weighted by Gasteiger charge is -2.26. The van der Waals surface area contributed by atoms with Gasteiger partial charge in [-0.3, -0.25) is 4.79 Å². The smallest absolute Gasteiger partial charge is 0.334 e. The summed E-state index contributed by atoms with van der Waals surface area (Å²) in [6.07, 6.45) is 3.90. The van der Waals surface area contributed by atoms with E-state index in [1.165, 1.54) is 0 Å². The van der Waals surface area contributed by atoms with Crippen LogP contribution in [0.3, 0.4) is 0 Å². The molecule has 0 saturated heterocycles. The Hall–Kier alpha value is -1.32. The molecule has 0 bridgehead atoms. The summed E-state index contributed by atoms with van der Waals surface area (Å²) in [5.74, 6) is -0.936. The van der Waals surface area contributed by atoms with Gasteiger partial charge in [0.15, 0.2) is 0 Å². The number of carbonyl (C=O) groups excluding carboxylic acids is 2. The van der Waals surface area contributed by atoms with Gasteiger partial charge in [0, 0.05) is 5.57 Å². The first-order valence-electron chi connectivity index (χ1n) is 7.15. The van der Waals surface area contributed by atoms with E-state index in [9.17, 15) is 9.59 Å². The fourth-order valence-electron chi connectivity index (χ4n) is 2.00. The highest BCUT2D eigenvalue weighted by molar-refractivity contribution is 5.90. The van der Waals surface area contributed by atoms with Crippen molar-refractivity contribution in [1.82, 2.24) is 0 Å². The molecule has 0 aromatic carbocycles. The normalized spacial score (nSPS) is 20.1. The van der Waals surface area contributed by atoms with Gasteiger partial charge < -0.3 is 9.47 Å². The number of carbonyl (C=O) groups is 2. The minimum Gasteiger partial charge on any atom is -0.460 e. The summed E-state index contributed by atoms with van der Waals surface area (Å²) in [5.41, 5.74) is -0.437. The van der Waals surface area contributed by atoms with Crippen molar-refractivity contribution >= 4 is 11.9 Å². The van der Waals surface area contributed by atoms with E-state index < -0.39 is 11.2 Å². The zero-order chi connectivity index (χ0) is 15.6. The molecule has 0 spiro atoms. The lowest BCUT2D eigenvalue weighted by Crippen LogP contribution is -2.30. The highest BCUT2D eigenvalue weighted by Gasteiger charge is 2.29. The third kappa shape index (κ3) is 5.76. The Morgan fingerprint density at radius 1 is 1.05 bits per heavy atom. The Labute approximate surface area is 121 Å². The molecule has 4 heteroatoms. The molecule has 114 valence electrons. The van der Waals surface area contributed by atoms with Crippen LogP contribution in [0, 0.1) is 5.92 Å². The highest BCUT2D eigenvalue weighted by atomic mass is 16.6. The van der Waals surface area contributed by atoms with Gasteiger partial charge in [-0.25, -0.2) is 4.79 Å². The molecule has 4 nitrogen and oxygen atoms in total. The molecule has 0 saturated carbocycles. The Kier molecular flexibility index (Phi) is 5.00. The highest BCUT2D eigenvalue weighted by Crippen LogP contribution is 2.27. The molecule has 1 atom stereocenters. The van der Waals surface area contributed by atoms with E-state index in [2.05, 4.69) is 0 Å². The predicted molar refractivity (Wildman–Crippen MR) is 77.1 cm³/mol. The summed E-state index contributed by atoms with van der Waals surface area (Å²) in [6.45, 7) is 11.0. The van der Waals surface area contributed by atoms with Crippen LogP contribution in [0.5, 0.6) is 0 Å².